The fourth-order valence-electron chi connectivity index (χ4n) is 4.15. The Morgan fingerprint density at radius 1 is 1.19 bits per heavy atom. The lowest BCUT2D eigenvalue weighted by Gasteiger charge is -2.35. The van der Waals surface area contributed by atoms with Crippen LogP contribution in [0, 0.1) is 10.1 Å². The number of nitro groups is 1. The summed E-state index contributed by atoms with van der Waals surface area (Å²) in [7, 11) is 1.75. The van der Waals surface area contributed by atoms with Crippen LogP contribution in [0.3, 0.4) is 0 Å². The lowest BCUT2D eigenvalue weighted by molar-refractivity contribution is -0.389. The van der Waals surface area contributed by atoms with Gasteiger partial charge >= 0.3 is 5.82 Å². The lowest BCUT2D eigenvalue weighted by atomic mass is 9.94. The summed E-state index contributed by atoms with van der Waals surface area (Å²) in [6.07, 6.45) is 4.24. The van der Waals surface area contributed by atoms with Crippen LogP contribution >= 0.6 is 0 Å². The van der Waals surface area contributed by atoms with E-state index in [1.54, 1.807) is 36.2 Å². The van der Waals surface area contributed by atoms with Gasteiger partial charge in [-0.25, -0.2) is 0 Å². The first kappa shape index (κ1) is 20.8. The zero-order valence-corrected chi connectivity index (χ0v) is 17.3. The number of aromatic nitrogens is 1. The maximum atomic E-state index is 13.3. The fourth-order valence-corrected chi connectivity index (χ4v) is 4.15. The Bertz CT molecular complexity index is 991. The van der Waals surface area contributed by atoms with E-state index < -0.39 is 22.8 Å². The highest BCUT2D eigenvalue weighted by molar-refractivity contribution is 6.03. The average Bonchev–Trinajstić information content (AvgIpc) is 2.80. The Labute approximate surface area is 179 Å². The minimum absolute atomic E-state index is 0.00299. The average molecular weight is 424 g/mol. The first-order valence-corrected chi connectivity index (χ1v) is 10.4. The van der Waals surface area contributed by atoms with Crippen LogP contribution in [0.4, 0.5) is 11.6 Å². The van der Waals surface area contributed by atoms with Crippen LogP contribution in [0.2, 0.25) is 0 Å². The predicted molar refractivity (Wildman–Crippen MR) is 113 cm³/mol. The van der Waals surface area contributed by atoms with Gasteiger partial charge in [0.1, 0.15) is 6.54 Å². The normalized spacial score (nSPS) is 18.8. The molecule has 2 aromatic rings. The number of carbonyl (C=O) groups is 2. The molecule has 1 atom stereocenters. The van der Waals surface area contributed by atoms with E-state index in [0.29, 0.717) is 5.56 Å². The summed E-state index contributed by atoms with van der Waals surface area (Å²) < 4.78 is 5.85. The zero-order chi connectivity index (χ0) is 22.0. The van der Waals surface area contributed by atoms with Crippen LogP contribution in [-0.4, -0.2) is 46.3 Å². The predicted octanol–water partition coefficient (Wildman–Crippen LogP) is 3.25. The first-order chi connectivity index (χ1) is 15.0. The van der Waals surface area contributed by atoms with E-state index in [-0.39, 0.29) is 30.1 Å². The van der Waals surface area contributed by atoms with Crippen molar-refractivity contribution in [3.63, 3.8) is 0 Å². The SMILES string of the molecule is CN(C(=O)CN1C(=O)C(c2ccccc2)Oc2ccc([N+](=O)[O-])nc21)C1CCCCC1. The summed E-state index contributed by atoms with van der Waals surface area (Å²) in [5.41, 5.74) is 0.634. The number of hydrogen-bond donors (Lipinski definition) is 0. The van der Waals surface area contributed by atoms with Crippen molar-refractivity contribution in [1.29, 1.82) is 0 Å². The van der Waals surface area contributed by atoms with Crippen molar-refractivity contribution >= 4 is 23.5 Å². The van der Waals surface area contributed by atoms with Gasteiger partial charge in [0.25, 0.3) is 11.7 Å². The second-order valence-electron chi connectivity index (χ2n) is 7.88. The van der Waals surface area contributed by atoms with E-state index in [2.05, 4.69) is 4.98 Å². The summed E-state index contributed by atoms with van der Waals surface area (Å²) in [5.74, 6) is -0.888. The van der Waals surface area contributed by atoms with Crippen LogP contribution in [0.25, 0.3) is 0 Å². The van der Waals surface area contributed by atoms with Gasteiger partial charge in [0.15, 0.2) is 5.75 Å². The van der Waals surface area contributed by atoms with Gasteiger partial charge in [-0.1, -0.05) is 49.6 Å². The topological polar surface area (TPSA) is 106 Å². The molecule has 1 aromatic carbocycles. The maximum Gasteiger partial charge on any atom is 0.366 e. The number of benzene rings is 1. The second-order valence-corrected chi connectivity index (χ2v) is 7.88. The molecular weight excluding hydrogens is 400 g/mol. The summed E-state index contributed by atoms with van der Waals surface area (Å²) in [6.45, 7) is -0.250. The molecule has 1 unspecified atom stereocenters. The summed E-state index contributed by atoms with van der Waals surface area (Å²) in [4.78, 5) is 43.9. The standard InChI is InChI=1S/C22H24N4O5/c1-24(16-10-6-3-7-11-16)19(27)14-25-21-17(12-13-18(23-21)26(29)30)31-20(22(25)28)15-8-4-2-5-9-15/h2,4-5,8-9,12-13,16,20H,3,6-7,10-11,14H2,1H3. The second kappa shape index (κ2) is 8.71. The Morgan fingerprint density at radius 2 is 1.90 bits per heavy atom. The molecule has 4 rings (SSSR count). The molecule has 9 heteroatoms. The number of anilines is 1. The van der Waals surface area contributed by atoms with Gasteiger partial charge < -0.3 is 19.8 Å². The number of ether oxygens (including phenoxy) is 1. The molecule has 162 valence electrons. The highest BCUT2D eigenvalue weighted by Gasteiger charge is 2.41. The van der Waals surface area contributed by atoms with Crippen molar-refractivity contribution in [3.05, 3.63) is 58.1 Å². The van der Waals surface area contributed by atoms with Gasteiger partial charge in [0.05, 0.1) is 0 Å². The molecule has 0 bridgehead atoms. The number of nitrogens with zero attached hydrogens (tertiary/aromatic N) is 4. The molecule has 9 nitrogen and oxygen atoms in total. The summed E-state index contributed by atoms with van der Waals surface area (Å²) in [6, 6.07) is 11.7. The third kappa shape index (κ3) is 4.21. The van der Waals surface area contributed by atoms with E-state index in [0.717, 1.165) is 25.7 Å². The molecule has 1 aliphatic carbocycles. The van der Waals surface area contributed by atoms with Crippen molar-refractivity contribution in [2.24, 2.45) is 0 Å². The smallest absolute Gasteiger partial charge is 0.366 e. The molecule has 1 aromatic heterocycles. The Hall–Kier alpha value is -3.49. The summed E-state index contributed by atoms with van der Waals surface area (Å²) >= 11 is 0. The van der Waals surface area contributed by atoms with Gasteiger partial charge in [0, 0.05) is 24.7 Å². The van der Waals surface area contributed by atoms with E-state index >= 15 is 0 Å². The monoisotopic (exact) mass is 424 g/mol. The zero-order valence-electron chi connectivity index (χ0n) is 17.3. The van der Waals surface area contributed by atoms with Crippen LogP contribution in [0.5, 0.6) is 5.75 Å². The maximum absolute atomic E-state index is 13.3. The van der Waals surface area contributed by atoms with Crippen LogP contribution in [0.1, 0.15) is 43.8 Å². The number of amides is 2. The molecule has 2 amide bonds. The molecule has 1 fully saturated rings. The molecule has 0 saturated heterocycles. The van der Waals surface area contributed by atoms with Crippen LogP contribution in [0.15, 0.2) is 42.5 Å². The highest BCUT2D eigenvalue weighted by Crippen LogP contribution is 2.38. The molecule has 31 heavy (non-hydrogen) atoms. The van der Waals surface area contributed by atoms with Gasteiger partial charge in [-0.05, 0) is 28.8 Å². The van der Waals surface area contributed by atoms with Crippen molar-refractivity contribution in [3.8, 4) is 5.75 Å². The van der Waals surface area contributed by atoms with Crippen molar-refractivity contribution in [1.82, 2.24) is 9.88 Å². The van der Waals surface area contributed by atoms with E-state index in [4.69, 9.17) is 4.74 Å². The van der Waals surface area contributed by atoms with E-state index in [9.17, 15) is 19.7 Å². The quantitative estimate of drug-likeness (QED) is 0.539. The number of likely N-dealkylation sites (N-methyl/N-ethyl adjacent to an activating group) is 1. The number of rotatable bonds is 5. The third-order valence-electron chi connectivity index (χ3n) is 5.91. The molecule has 0 radical (unpaired) electrons. The number of fused-ring (bicyclic) bond motifs is 1. The van der Waals surface area contributed by atoms with Crippen molar-refractivity contribution in [2.75, 3.05) is 18.5 Å². The van der Waals surface area contributed by atoms with E-state index in [1.165, 1.54) is 23.5 Å². The first-order valence-electron chi connectivity index (χ1n) is 10.4. The number of hydrogen-bond acceptors (Lipinski definition) is 6. The molecule has 2 aliphatic rings. The number of pyridine rings is 1. The fraction of sp³-hybridized carbons (Fsp3) is 0.409. The van der Waals surface area contributed by atoms with Gasteiger partial charge in [0.2, 0.25) is 12.0 Å². The largest absolute Gasteiger partial charge is 0.469 e. The highest BCUT2D eigenvalue weighted by atomic mass is 16.6. The van der Waals surface area contributed by atoms with Gasteiger partial charge in [-0.2, -0.15) is 0 Å². The molecule has 0 N–H and O–H groups in total. The minimum Gasteiger partial charge on any atom is -0.469 e. The Balaban J connectivity index is 1.66. The molecular formula is C22H24N4O5. The molecule has 1 aliphatic heterocycles. The molecule has 0 spiro atoms. The molecule has 2 heterocycles. The van der Waals surface area contributed by atoms with Crippen LogP contribution in [-0.2, 0) is 9.59 Å². The Kier molecular flexibility index (Phi) is 5.83. The number of carbonyl (C=O) groups excluding carboxylic acids is 2. The van der Waals surface area contributed by atoms with E-state index in [1.807, 2.05) is 6.07 Å². The lowest BCUT2D eigenvalue weighted by Crippen LogP contribution is -2.49. The van der Waals surface area contributed by atoms with Gasteiger partial charge in [-0.15, -0.1) is 0 Å². The third-order valence-corrected chi connectivity index (χ3v) is 5.91. The Morgan fingerprint density at radius 3 is 2.58 bits per heavy atom. The molecule has 1 saturated carbocycles. The van der Waals surface area contributed by atoms with Crippen LogP contribution < -0.4 is 9.64 Å². The van der Waals surface area contributed by atoms with Crippen molar-refractivity contribution < 1.29 is 19.2 Å². The van der Waals surface area contributed by atoms with Crippen molar-refractivity contribution in [2.45, 2.75) is 44.2 Å². The van der Waals surface area contributed by atoms with Gasteiger partial charge in [-0.3, -0.25) is 14.5 Å². The minimum atomic E-state index is -0.954. The summed E-state index contributed by atoms with van der Waals surface area (Å²) in [5, 5.41) is 11.2.